The maximum absolute atomic E-state index is 5.41. The Labute approximate surface area is 393 Å². The minimum atomic E-state index is 0.548. The zero-order valence-corrected chi connectivity index (χ0v) is 36.9. The van der Waals surface area contributed by atoms with Crippen LogP contribution in [0.15, 0.2) is 249 Å². The van der Waals surface area contributed by atoms with Crippen LogP contribution in [0.1, 0.15) is 0 Å². The molecule has 0 spiro atoms. The van der Waals surface area contributed by atoms with Crippen molar-refractivity contribution in [3.8, 4) is 78.9 Å². The van der Waals surface area contributed by atoms with Crippen LogP contribution < -0.4 is 0 Å². The molecule has 0 aliphatic rings. The molecule has 0 saturated heterocycles. The van der Waals surface area contributed by atoms with Crippen LogP contribution >= 0.6 is 0 Å². The second-order valence-corrected chi connectivity index (χ2v) is 17.2. The first-order valence-corrected chi connectivity index (χ1v) is 23.0. The van der Waals surface area contributed by atoms with Crippen molar-refractivity contribution in [2.45, 2.75) is 0 Å². The van der Waals surface area contributed by atoms with E-state index in [1.807, 2.05) is 12.1 Å². The summed E-state index contributed by atoms with van der Waals surface area (Å²) < 4.78 is 4.67. The summed E-state index contributed by atoms with van der Waals surface area (Å²) in [5.41, 5.74) is 16.3. The van der Waals surface area contributed by atoms with Gasteiger partial charge in [-0.1, -0.05) is 200 Å². The molecule has 68 heavy (non-hydrogen) atoms. The fourth-order valence-corrected chi connectivity index (χ4v) is 9.98. The van der Waals surface area contributed by atoms with Gasteiger partial charge in [0, 0.05) is 38.2 Å². The van der Waals surface area contributed by atoms with Crippen molar-refractivity contribution in [1.29, 1.82) is 0 Å². The highest BCUT2D eigenvalue weighted by Crippen LogP contribution is 2.42. The van der Waals surface area contributed by atoms with Crippen molar-refractivity contribution in [2.75, 3.05) is 0 Å². The Morgan fingerprint density at radius 2 is 0.632 bits per heavy atom. The second-order valence-electron chi connectivity index (χ2n) is 17.2. The summed E-state index contributed by atoms with van der Waals surface area (Å²) in [7, 11) is 0. The lowest BCUT2D eigenvalue weighted by molar-refractivity contribution is 0.953. The molecule has 0 fully saturated rings. The number of para-hydroxylation sites is 3. The summed E-state index contributed by atoms with van der Waals surface area (Å²) in [5, 5.41) is 4.62. The van der Waals surface area contributed by atoms with Crippen molar-refractivity contribution in [3.63, 3.8) is 0 Å². The Balaban J connectivity index is 1.06. The van der Waals surface area contributed by atoms with Gasteiger partial charge in [-0.15, -0.1) is 0 Å². The van der Waals surface area contributed by atoms with Gasteiger partial charge in [0.15, 0.2) is 11.6 Å². The lowest BCUT2D eigenvalue weighted by Crippen LogP contribution is -2.06. The molecule has 0 aliphatic heterocycles. The van der Waals surface area contributed by atoms with Crippen molar-refractivity contribution < 1.29 is 0 Å². The molecule has 3 heterocycles. The third kappa shape index (κ3) is 6.76. The van der Waals surface area contributed by atoms with Gasteiger partial charge in [-0.25, -0.2) is 4.98 Å². The molecule has 0 radical (unpaired) electrons. The van der Waals surface area contributed by atoms with E-state index in [0.717, 1.165) is 83.0 Å². The highest BCUT2D eigenvalue weighted by molar-refractivity contribution is 6.19. The molecule has 0 N–H and O–H groups in total. The molecule has 0 saturated carbocycles. The Morgan fingerprint density at radius 1 is 0.235 bits per heavy atom. The first-order valence-electron chi connectivity index (χ1n) is 23.0. The molecule has 13 rings (SSSR count). The Morgan fingerprint density at radius 3 is 1.18 bits per heavy atom. The number of fused-ring (bicyclic) bond motifs is 6. The third-order valence-electron chi connectivity index (χ3n) is 13.2. The largest absolute Gasteiger partial charge is 0.309 e. The monoisotopic (exact) mass is 867 g/mol. The molecule has 0 atom stereocenters. The molecule has 0 unspecified atom stereocenters. The normalized spacial score (nSPS) is 11.5. The van der Waals surface area contributed by atoms with E-state index in [4.69, 9.17) is 15.0 Å². The predicted molar refractivity (Wildman–Crippen MR) is 281 cm³/mol. The van der Waals surface area contributed by atoms with Crippen LogP contribution in [0.3, 0.4) is 0 Å². The summed E-state index contributed by atoms with van der Waals surface area (Å²) in [6.45, 7) is 0. The summed E-state index contributed by atoms with van der Waals surface area (Å²) >= 11 is 0. The standard InChI is InChI=1S/C63H41N5/c1-4-19-42(20-5-1)45-25-16-28-48(37-45)51-31-10-13-34-56(51)67-57-35-14-11-32-52(57)54-40-55-53-33-12-15-36-58(53)68(60(55)41-59(54)67)63-65-61(49-29-17-26-46(38-49)43-21-6-2-7-22-43)64-62(66-63)50-30-18-27-47(39-50)44-23-8-3-9-24-44/h1-41H. The van der Waals surface area contributed by atoms with Gasteiger partial charge in [0.2, 0.25) is 5.95 Å². The highest BCUT2D eigenvalue weighted by Gasteiger charge is 2.22. The van der Waals surface area contributed by atoms with Crippen LogP contribution in [0.5, 0.6) is 0 Å². The summed E-state index contributed by atoms with van der Waals surface area (Å²) in [6.07, 6.45) is 0. The molecule has 3 aromatic heterocycles. The van der Waals surface area contributed by atoms with E-state index in [-0.39, 0.29) is 0 Å². The number of nitrogens with zero attached hydrogens (tertiary/aromatic N) is 5. The third-order valence-corrected chi connectivity index (χ3v) is 13.2. The molecule has 0 amide bonds. The van der Waals surface area contributed by atoms with E-state index in [1.165, 1.54) is 21.9 Å². The number of rotatable bonds is 8. The minimum Gasteiger partial charge on any atom is -0.309 e. The van der Waals surface area contributed by atoms with Gasteiger partial charge in [0.1, 0.15) is 0 Å². The lowest BCUT2D eigenvalue weighted by atomic mass is 9.98. The van der Waals surface area contributed by atoms with E-state index in [0.29, 0.717) is 17.6 Å². The molecular weight excluding hydrogens is 827 g/mol. The zero-order valence-electron chi connectivity index (χ0n) is 36.9. The second kappa shape index (κ2) is 16.4. The van der Waals surface area contributed by atoms with Crippen molar-refractivity contribution in [3.05, 3.63) is 249 Å². The van der Waals surface area contributed by atoms with Crippen LogP contribution in [0.25, 0.3) is 123 Å². The van der Waals surface area contributed by atoms with Crippen molar-refractivity contribution in [2.24, 2.45) is 0 Å². The highest BCUT2D eigenvalue weighted by atomic mass is 15.2. The van der Waals surface area contributed by atoms with E-state index < -0.39 is 0 Å². The van der Waals surface area contributed by atoms with Gasteiger partial charge in [0.25, 0.3) is 0 Å². The smallest absolute Gasteiger partial charge is 0.238 e. The number of hydrogen-bond donors (Lipinski definition) is 0. The van der Waals surface area contributed by atoms with Crippen LogP contribution in [0.4, 0.5) is 0 Å². The van der Waals surface area contributed by atoms with Gasteiger partial charge in [-0.05, 0) is 87.5 Å². The van der Waals surface area contributed by atoms with Crippen LogP contribution in [-0.4, -0.2) is 24.1 Å². The van der Waals surface area contributed by atoms with Gasteiger partial charge in [-0.2, -0.15) is 9.97 Å². The molecular formula is C63H41N5. The van der Waals surface area contributed by atoms with Gasteiger partial charge < -0.3 is 4.57 Å². The maximum Gasteiger partial charge on any atom is 0.238 e. The summed E-state index contributed by atoms with van der Waals surface area (Å²) in [4.78, 5) is 16.1. The van der Waals surface area contributed by atoms with Gasteiger partial charge >= 0.3 is 0 Å². The molecule has 0 bridgehead atoms. The van der Waals surface area contributed by atoms with E-state index in [2.05, 4.69) is 246 Å². The average Bonchev–Trinajstić information content (AvgIpc) is 3.92. The zero-order chi connectivity index (χ0) is 45.0. The predicted octanol–water partition coefficient (Wildman–Crippen LogP) is 16.1. The SMILES string of the molecule is c1ccc(-c2cccc(-c3nc(-c4cccc(-c5ccccc5)c4)nc(-n4c5ccccc5c5cc6c7ccccc7n(-c7ccccc7-c7cccc(-c8ccccc8)c7)c6cc54)n3)c2)cc1. The van der Waals surface area contributed by atoms with Gasteiger partial charge in [0.05, 0.1) is 27.8 Å². The van der Waals surface area contributed by atoms with E-state index in [9.17, 15) is 0 Å². The van der Waals surface area contributed by atoms with Crippen LogP contribution in [-0.2, 0) is 0 Å². The Hall–Kier alpha value is -9.19. The Kier molecular flexibility index (Phi) is 9.43. The van der Waals surface area contributed by atoms with Crippen LogP contribution in [0.2, 0.25) is 0 Å². The fraction of sp³-hybridized carbons (Fsp3) is 0. The molecule has 0 aliphatic carbocycles. The van der Waals surface area contributed by atoms with E-state index in [1.54, 1.807) is 0 Å². The molecule has 5 nitrogen and oxygen atoms in total. The minimum absolute atomic E-state index is 0.548. The van der Waals surface area contributed by atoms with Crippen molar-refractivity contribution >= 4 is 43.6 Å². The van der Waals surface area contributed by atoms with Crippen LogP contribution in [0, 0.1) is 0 Å². The molecule has 318 valence electrons. The van der Waals surface area contributed by atoms with E-state index >= 15 is 0 Å². The number of benzene rings is 10. The molecule has 5 heteroatoms. The Bertz CT molecular complexity index is 3920. The average molecular weight is 868 g/mol. The number of aromatic nitrogens is 5. The topological polar surface area (TPSA) is 48.5 Å². The summed E-state index contributed by atoms with van der Waals surface area (Å²) in [6, 6.07) is 88.2. The van der Waals surface area contributed by atoms with Gasteiger partial charge in [-0.3, -0.25) is 4.57 Å². The first kappa shape index (κ1) is 39.2. The quantitative estimate of drug-likeness (QED) is 0.153. The first-order chi connectivity index (χ1) is 33.7. The fourth-order valence-electron chi connectivity index (χ4n) is 9.98. The maximum atomic E-state index is 5.41. The summed E-state index contributed by atoms with van der Waals surface area (Å²) in [5.74, 6) is 1.74. The van der Waals surface area contributed by atoms with Crippen molar-refractivity contribution in [1.82, 2.24) is 24.1 Å². The number of hydrogen-bond acceptors (Lipinski definition) is 3. The molecule has 10 aromatic carbocycles. The lowest BCUT2D eigenvalue weighted by Gasteiger charge is -2.15. The molecule has 13 aromatic rings.